The summed E-state index contributed by atoms with van der Waals surface area (Å²) >= 11 is 0. The van der Waals surface area contributed by atoms with Gasteiger partial charge >= 0.3 is 0 Å². The third kappa shape index (κ3) is 2.97. The Morgan fingerprint density at radius 1 is 0.442 bits per heavy atom. The van der Waals surface area contributed by atoms with E-state index in [0.29, 0.717) is 0 Å². The molecule has 10 rings (SSSR count). The van der Waals surface area contributed by atoms with Crippen LogP contribution in [0.2, 0.25) is 0 Å². The largest absolute Gasteiger partial charge is 0.456 e. The molecule has 0 spiro atoms. The molecule has 0 saturated heterocycles. The molecule has 43 heavy (non-hydrogen) atoms. The fourth-order valence-electron chi connectivity index (χ4n) is 7.21. The van der Waals surface area contributed by atoms with Crippen LogP contribution in [0.15, 0.2) is 144 Å². The smallest absolute Gasteiger partial charge is 0.135 e. The molecule has 0 bridgehead atoms. The summed E-state index contributed by atoms with van der Waals surface area (Å²) in [6.07, 6.45) is 1.92. The van der Waals surface area contributed by atoms with Crippen LogP contribution in [0.3, 0.4) is 0 Å². The minimum absolute atomic E-state index is 0.893. The van der Waals surface area contributed by atoms with Gasteiger partial charge in [0, 0.05) is 55.3 Å². The zero-order valence-corrected chi connectivity index (χ0v) is 23.0. The minimum Gasteiger partial charge on any atom is -0.456 e. The van der Waals surface area contributed by atoms with Crippen molar-refractivity contribution in [1.29, 1.82) is 0 Å². The normalized spacial score (nSPS) is 12.2. The van der Waals surface area contributed by atoms with E-state index in [-0.39, 0.29) is 0 Å². The maximum absolute atomic E-state index is 6.22. The summed E-state index contributed by atoms with van der Waals surface area (Å²) in [5.74, 6) is 0. The average Bonchev–Trinajstić information content (AvgIpc) is 3.73. The van der Waals surface area contributed by atoms with E-state index in [1.54, 1.807) is 0 Å². The lowest BCUT2D eigenvalue weighted by Crippen LogP contribution is -1.99. The van der Waals surface area contributed by atoms with Gasteiger partial charge in [-0.25, -0.2) is 0 Å². The maximum atomic E-state index is 6.22. The maximum Gasteiger partial charge on any atom is 0.135 e. The molecule has 4 nitrogen and oxygen atoms in total. The topological polar surface area (TPSA) is 35.9 Å². The van der Waals surface area contributed by atoms with Crippen LogP contribution in [0.5, 0.6) is 0 Å². The van der Waals surface area contributed by atoms with Crippen molar-refractivity contribution < 1.29 is 4.42 Å². The van der Waals surface area contributed by atoms with Gasteiger partial charge in [0.1, 0.15) is 11.2 Å². The van der Waals surface area contributed by atoms with E-state index in [1.165, 1.54) is 27.1 Å². The fourth-order valence-corrected chi connectivity index (χ4v) is 7.21. The van der Waals surface area contributed by atoms with E-state index in [1.807, 2.05) is 18.3 Å². The van der Waals surface area contributed by atoms with Crippen molar-refractivity contribution in [2.75, 3.05) is 0 Å². The third-order valence-electron chi connectivity index (χ3n) is 8.92. The molecule has 0 fully saturated rings. The van der Waals surface area contributed by atoms with E-state index < -0.39 is 0 Å². The highest BCUT2D eigenvalue weighted by molar-refractivity contribution is 6.35. The Balaban J connectivity index is 1.51. The molecular weight excluding hydrogens is 526 g/mol. The van der Waals surface area contributed by atoms with Crippen LogP contribution in [-0.4, -0.2) is 14.1 Å². The van der Waals surface area contributed by atoms with Crippen LogP contribution < -0.4 is 0 Å². The number of hydrogen-bond donors (Lipinski definition) is 0. The molecule has 0 saturated carbocycles. The van der Waals surface area contributed by atoms with Gasteiger partial charge in [-0.2, -0.15) is 0 Å². The van der Waals surface area contributed by atoms with Crippen LogP contribution in [0.1, 0.15) is 0 Å². The first kappa shape index (κ1) is 22.8. The van der Waals surface area contributed by atoms with Gasteiger partial charge in [0.25, 0.3) is 0 Å². The second-order valence-corrected chi connectivity index (χ2v) is 11.2. The molecule has 0 atom stereocenters. The fraction of sp³-hybridized carbons (Fsp3) is 0. The van der Waals surface area contributed by atoms with Crippen molar-refractivity contribution in [3.05, 3.63) is 140 Å². The van der Waals surface area contributed by atoms with Gasteiger partial charge in [0.05, 0.1) is 27.6 Å². The minimum atomic E-state index is 0.893. The SMILES string of the molecule is c1ccc(-n2c3ccccc3c3c4ncccc4c4c5ccccc5n(-c5ccc6oc7ccccc7c6c5)c4c32)cc1. The van der Waals surface area contributed by atoms with Crippen LogP contribution in [0.4, 0.5) is 0 Å². The summed E-state index contributed by atoms with van der Waals surface area (Å²) in [7, 11) is 0. The molecule has 6 aromatic carbocycles. The van der Waals surface area contributed by atoms with Crippen LogP contribution in [0.25, 0.3) is 87.8 Å². The summed E-state index contributed by atoms with van der Waals surface area (Å²) in [4.78, 5) is 5.04. The van der Waals surface area contributed by atoms with Crippen molar-refractivity contribution in [1.82, 2.24) is 14.1 Å². The molecule has 0 unspecified atom stereocenters. The summed E-state index contributed by atoms with van der Waals surface area (Å²) in [5.41, 5.74) is 9.69. The highest BCUT2D eigenvalue weighted by Crippen LogP contribution is 2.46. The van der Waals surface area contributed by atoms with E-state index in [2.05, 4.69) is 130 Å². The monoisotopic (exact) mass is 549 g/mol. The van der Waals surface area contributed by atoms with Gasteiger partial charge in [-0.3, -0.25) is 4.98 Å². The number of rotatable bonds is 2. The second kappa shape index (κ2) is 8.34. The number of hydrogen-bond acceptors (Lipinski definition) is 2. The Morgan fingerprint density at radius 3 is 1.86 bits per heavy atom. The van der Waals surface area contributed by atoms with Crippen LogP contribution in [0, 0.1) is 0 Å². The lowest BCUT2D eigenvalue weighted by atomic mass is 10.0. The summed E-state index contributed by atoms with van der Waals surface area (Å²) < 4.78 is 11.1. The van der Waals surface area contributed by atoms with Gasteiger partial charge in [-0.15, -0.1) is 0 Å². The van der Waals surface area contributed by atoms with E-state index in [9.17, 15) is 0 Å². The number of nitrogens with zero attached hydrogens (tertiary/aromatic N) is 3. The molecule has 4 heterocycles. The first-order chi connectivity index (χ1) is 21.4. The molecule has 0 aliphatic carbocycles. The highest BCUT2D eigenvalue weighted by Gasteiger charge is 2.25. The molecule has 0 N–H and O–H groups in total. The number of furan rings is 1. The summed E-state index contributed by atoms with van der Waals surface area (Å²) in [6, 6.07) is 47.3. The average molecular weight is 550 g/mol. The first-order valence-electron chi connectivity index (χ1n) is 14.6. The van der Waals surface area contributed by atoms with Crippen LogP contribution >= 0.6 is 0 Å². The summed E-state index contributed by atoms with van der Waals surface area (Å²) in [5, 5.41) is 8.18. The van der Waals surface area contributed by atoms with E-state index in [0.717, 1.165) is 60.8 Å². The molecule has 0 radical (unpaired) electrons. The molecule has 0 aliphatic rings. The Morgan fingerprint density at radius 2 is 1.05 bits per heavy atom. The zero-order valence-electron chi connectivity index (χ0n) is 23.0. The Kier molecular flexibility index (Phi) is 4.42. The van der Waals surface area contributed by atoms with Gasteiger partial charge in [-0.05, 0) is 54.6 Å². The predicted octanol–water partition coefficient (Wildman–Crippen LogP) is 10.3. The summed E-state index contributed by atoms with van der Waals surface area (Å²) in [6.45, 7) is 0. The molecule has 10 aromatic rings. The number of fused-ring (bicyclic) bond motifs is 13. The Labute approximate surface area is 245 Å². The number of para-hydroxylation sites is 4. The van der Waals surface area contributed by atoms with Crippen molar-refractivity contribution in [2.45, 2.75) is 0 Å². The molecule has 4 heteroatoms. The Bertz CT molecular complexity index is 2730. The van der Waals surface area contributed by atoms with Crippen molar-refractivity contribution in [3.63, 3.8) is 0 Å². The number of pyridine rings is 1. The van der Waals surface area contributed by atoms with Crippen molar-refractivity contribution in [2.24, 2.45) is 0 Å². The molecule has 200 valence electrons. The predicted molar refractivity (Wildman–Crippen MR) is 178 cm³/mol. The zero-order chi connectivity index (χ0) is 28.1. The molecule has 0 aliphatic heterocycles. The third-order valence-corrected chi connectivity index (χ3v) is 8.92. The van der Waals surface area contributed by atoms with E-state index >= 15 is 0 Å². The van der Waals surface area contributed by atoms with Crippen molar-refractivity contribution in [3.8, 4) is 11.4 Å². The lowest BCUT2D eigenvalue weighted by Gasteiger charge is -2.13. The Hall–Kier alpha value is -5.87. The van der Waals surface area contributed by atoms with Gasteiger partial charge in [0.15, 0.2) is 0 Å². The quantitative estimate of drug-likeness (QED) is 0.215. The van der Waals surface area contributed by atoms with Crippen LogP contribution in [-0.2, 0) is 0 Å². The standard InChI is InChI=1S/C39H23N3O/c1-2-11-24(12-3-1)41-32-18-8-5-15-28(32)36-37-29(16-10-22-40-37)35-27-14-4-7-17-31(27)42(38(35)39(36)41)25-20-21-34-30(23-25)26-13-6-9-19-33(26)43-34/h1-23H. The first-order valence-corrected chi connectivity index (χ1v) is 14.6. The number of benzene rings is 6. The lowest BCUT2D eigenvalue weighted by molar-refractivity contribution is 0.669. The number of aromatic nitrogens is 3. The van der Waals surface area contributed by atoms with E-state index in [4.69, 9.17) is 9.40 Å². The van der Waals surface area contributed by atoms with Gasteiger partial charge in [0.2, 0.25) is 0 Å². The molecule has 4 aromatic heterocycles. The molecular formula is C39H23N3O. The highest BCUT2D eigenvalue weighted by atomic mass is 16.3. The van der Waals surface area contributed by atoms with Gasteiger partial charge in [-0.1, -0.05) is 78.9 Å². The van der Waals surface area contributed by atoms with Gasteiger partial charge < -0.3 is 13.6 Å². The second-order valence-electron chi connectivity index (χ2n) is 11.2. The molecule has 0 amide bonds. The van der Waals surface area contributed by atoms with Crippen molar-refractivity contribution >= 4 is 76.5 Å².